The van der Waals surface area contributed by atoms with Gasteiger partial charge in [-0.15, -0.1) is 12.4 Å². The van der Waals surface area contributed by atoms with Crippen LogP contribution in [0, 0.1) is 5.41 Å². The van der Waals surface area contributed by atoms with Gasteiger partial charge in [0, 0.05) is 6.54 Å². The maximum Gasteiger partial charge on any atom is 0.227 e. The van der Waals surface area contributed by atoms with Crippen molar-refractivity contribution in [3.8, 4) is 0 Å². The minimum Gasteiger partial charge on any atom is -0.349 e. The Morgan fingerprint density at radius 3 is 2.42 bits per heavy atom. The topological polar surface area (TPSA) is 55.1 Å². The summed E-state index contributed by atoms with van der Waals surface area (Å²) in [7, 11) is 0. The van der Waals surface area contributed by atoms with Gasteiger partial charge < -0.3 is 11.1 Å². The summed E-state index contributed by atoms with van der Waals surface area (Å²) in [5.41, 5.74) is 5.90. The van der Waals surface area contributed by atoms with Crippen LogP contribution in [-0.2, 0) is 4.79 Å². The average Bonchev–Trinajstić information content (AvgIpc) is 2.32. The largest absolute Gasteiger partial charge is 0.349 e. The summed E-state index contributed by atoms with van der Waals surface area (Å²) in [4.78, 5) is 12.0. The molecule has 0 heterocycles. The van der Waals surface area contributed by atoms with Gasteiger partial charge in [0.25, 0.3) is 0 Å². The number of hydrogen-bond acceptors (Lipinski definition) is 2. The van der Waals surface area contributed by atoms with Crippen molar-refractivity contribution in [1.29, 1.82) is 0 Å². The smallest absolute Gasteiger partial charge is 0.227 e. The lowest BCUT2D eigenvalue weighted by atomic mass is 9.92. The van der Waals surface area contributed by atoms with Crippen LogP contribution < -0.4 is 11.1 Å². The van der Waals surface area contributed by atoms with Crippen LogP contribution in [0.3, 0.4) is 0 Å². The Bertz CT molecular complexity index is 450. The maximum absolute atomic E-state index is 12.0. The molecule has 19 heavy (non-hydrogen) atoms. The molecule has 0 fully saturated rings. The number of halogens is 3. The van der Waals surface area contributed by atoms with Crippen molar-refractivity contribution < 1.29 is 4.79 Å². The Morgan fingerprint density at radius 1 is 1.37 bits per heavy atom. The molecule has 1 rings (SSSR count). The Kier molecular flexibility index (Phi) is 7.16. The Hall–Kier alpha value is -0.480. The standard InChI is InChI=1S/C13H18Cl2N2O.ClH/c1-8(17-12(18)13(2,3)7-16)9-4-5-10(14)11(15)6-9;/h4-6,8H,7,16H2,1-3H3,(H,17,18);1H. The molecule has 1 amide bonds. The van der Waals surface area contributed by atoms with Crippen molar-refractivity contribution in [1.82, 2.24) is 5.32 Å². The minimum atomic E-state index is -0.579. The number of nitrogens with one attached hydrogen (secondary N) is 1. The fourth-order valence-electron chi connectivity index (χ4n) is 1.35. The van der Waals surface area contributed by atoms with Crippen LogP contribution in [0.2, 0.25) is 10.0 Å². The van der Waals surface area contributed by atoms with Crippen molar-refractivity contribution in [3.05, 3.63) is 33.8 Å². The summed E-state index contributed by atoms with van der Waals surface area (Å²) >= 11 is 11.8. The second-order valence-corrected chi connectivity index (χ2v) is 5.77. The monoisotopic (exact) mass is 324 g/mol. The molecular weight excluding hydrogens is 307 g/mol. The van der Waals surface area contributed by atoms with Crippen LogP contribution in [0.4, 0.5) is 0 Å². The van der Waals surface area contributed by atoms with E-state index < -0.39 is 5.41 Å². The van der Waals surface area contributed by atoms with E-state index in [0.717, 1.165) is 5.56 Å². The van der Waals surface area contributed by atoms with Crippen LogP contribution in [0.25, 0.3) is 0 Å². The molecule has 1 aromatic rings. The number of nitrogens with two attached hydrogens (primary N) is 1. The van der Waals surface area contributed by atoms with E-state index in [2.05, 4.69) is 5.32 Å². The van der Waals surface area contributed by atoms with E-state index in [4.69, 9.17) is 28.9 Å². The summed E-state index contributed by atoms with van der Waals surface area (Å²) in [6.45, 7) is 5.81. The molecule has 0 spiro atoms. The third-order valence-electron chi connectivity index (χ3n) is 2.92. The first kappa shape index (κ1) is 18.5. The molecule has 0 aliphatic carbocycles. The Morgan fingerprint density at radius 2 is 1.95 bits per heavy atom. The SMILES string of the molecule is CC(NC(=O)C(C)(C)CN)c1ccc(Cl)c(Cl)c1.Cl. The summed E-state index contributed by atoms with van der Waals surface area (Å²) in [6.07, 6.45) is 0. The van der Waals surface area contributed by atoms with Crippen LogP contribution in [0.5, 0.6) is 0 Å². The van der Waals surface area contributed by atoms with Gasteiger partial charge in [-0.1, -0.05) is 29.3 Å². The average molecular weight is 326 g/mol. The van der Waals surface area contributed by atoms with Crippen molar-refractivity contribution in [2.24, 2.45) is 11.1 Å². The predicted molar refractivity (Wildman–Crippen MR) is 83.1 cm³/mol. The fraction of sp³-hybridized carbons (Fsp3) is 0.462. The highest BCUT2D eigenvalue weighted by molar-refractivity contribution is 6.42. The molecule has 0 saturated carbocycles. The molecule has 0 saturated heterocycles. The predicted octanol–water partition coefficient (Wildman–Crippen LogP) is 3.58. The lowest BCUT2D eigenvalue weighted by Crippen LogP contribution is -2.42. The normalized spacial score (nSPS) is 12.5. The van der Waals surface area contributed by atoms with E-state index in [1.54, 1.807) is 12.1 Å². The molecule has 1 atom stereocenters. The van der Waals surface area contributed by atoms with E-state index in [1.807, 2.05) is 26.8 Å². The molecule has 0 radical (unpaired) electrons. The van der Waals surface area contributed by atoms with Gasteiger partial charge >= 0.3 is 0 Å². The minimum absolute atomic E-state index is 0. The number of hydrogen-bond donors (Lipinski definition) is 2. The van der Waals surface area contributed by atoms with E-state index >= 15 is 0 Å². The van der Waals surface area contributed by atoms with Crippen LogP contribution in [0.15, 0.2) is 18.2 Å². The first-order chi connectivity index (χ1) is 8.27. The van der Waals surface area contributed by atoms with Crippen LogP contribution in [-0.4, -0.2) is 12.5 Å². The molecule has 0 aliphatic rings. The Balaban J connectivity index is 0.00000324. The van der Waals surface area contributed by atoms with Gasteiger partial charge in [0.05, 0.1) is 21.5 Å². The van der Waals surface area contributed by atoms with Crippen molar-refractivity contribution in [2.75, 3.05) is 6.54 Å². The van der Waals surface area contributed by atoms with E-state index in [1.165, 1.54) is 0 Å². The number of carbonyl (C=O) groups excluding carboxylic acids is 1. The van der Waals surface area contributed by atoms with Gasteiger partial charge in [-0.05, 0) is 38.5 Å². The fourth-order valence-corrected chi connectivity index (χ4v) is 1.66. The summed E-state index contributed by atoms with van der Waals surface area (Å²) < 4.78 is 0. The van der Waals surface area contributed by atoms with Gasteiger partial charge in [-0.3, -0.25) is 4.79 Å². The number of benzene rings is 1. The van der Waals surface area contributed by atoms with Crippen molar-refractivity contribution in [2.45, 2.75) is 26.8 Å². The van der Waals surface area contributed by atoms with E-state index in [0.29, 0.717) is 16.6 Å². The van der Waals surface area contributed by atoms with Crippen molar-refractivity contribution in [3.63, 3.8) is 0 Å². The van der Waals surface area contributed by atoms with Gasteiger partial charge in [0.15, 0.2) is 0 Å². The lowest BCUT2D eigenvalue weighted by Gasteiger charge is -2.24. The first-order valence-corrected chi connectivity index (χ1v) is 6.49. The van der Waals surface area contributed by atoms with Gasteiger partial charge in [0.2, 0.25) is 5.91 Å². The molecule has 1 aromatic carbocycles. The third-order valence-corrected chi connectivity index (χ3v) is 3.66. The molecule has 0 aliphatic heterocycles. The third kappa shape index (κ3) is 4.84. The van der Waals surface area contributed by atoms with Crippen molar-refractivity contribution >= 4 is 41.5 Å². The molecule has 108 valence electrons. The van der Waals surface area contributed by atoms with Gasteiger partial charge in [0.1, 0.15) is 0 Å². The zero-order valence-electron chi connectivity index (χ0n) is 11.2. The summed E-state index contributed by atoms with van der Waals surface area (Å²) in [5.74, 6) is -0.0800. The number of carbonyl (C=O) groups is 1. The summed E-state index contributed by atoms with van der Waals surface area (Å²) in [6, 6.07) is 5.17. The highest BCUT2D eigenvalue weighted by Crippen LogP contribution is 2.26. The molecule has 6 heteroatoms. The highest BCUT2D eigenvalue weighted by atomic mass is 35.5. The molecule has 1 unspecified atom stereocenters. The first-order valence-electron chi connectivity index (χ1n) is 5.74. The second-order valence-electron chi connectivity index (χ2n) is 4.96. The maximum atomic E-state index is 12.0. The number of amides is 1. The van der Waals surface area contributed by atoms with Gasteiger partial charge in [-0.25, -0.2) is 0 Å². The van der Waals surface area contributed by atoms with Crippen LogP contribution >= 0.6 is 35.6 Å². The highest BCUT2D eigenvalue weighted by Gasteiger charge is 2.27. The van der Waals surface area contributed by atoms with Gasteiger partial charge in [-0.2, -0.15) is 0 Å². The zero-order chi connectivity index (χ0) is 13.9. The van der Waals surface area contributed by atoms with E-state index in [9.17, 15) is 4.79 Å². The summed E-state index contributed by atoms with van der Waals surface area (Å²) in [5, 5.41) is 3.89. The van der Waals surface area contributed by atoms with E-state index in [-0.39, 0.29) is 24.4 Å². The second kappa shape index (κ2) is 7.34. The molecule has 3 N–H and O–H groups in total. The molecular formula is C13H19Cl3N2O. The Labute approximate surface area is 130 Å². The number of rotatable bonds is 4. The molecule has 3 nitrogen and oxygen atoms in total. The zero-order valence-corrected chi connectivity index (χ0v) is 13.5. The molecule has 0 bridgehead atoms. The lowest BCUT2D eigenvalue weighted by molar-refractivity contribution is -0.129. The quantitative estimate of drug-likeness (QED) is 0.889. The molecule has 0 aromatic heterocycles. The van der Waals surface area contributed by atoms with Crippen LogP contribution in [0.1, 0.15) is 32.4 Å².